The average Bonchev–Trinajstić information content (AvgIpc) is 3.29. The number of aliphatic hydroxyl groups is 1. The number of hydrogen-bond acceptors (Lipinski definition) is 7. The van der Waals surface area contributed by atoms with Crippen molar-refractivity contribution < 1.29 is 28.6 Å². The fraction of sp³-hybridized carbons (Fsp3) is 0.500. The zero-order valence-corrected chi connectivity index (χ0v) is 19.7. The molecule has 2 atom stereocenters. The van der Waals surface area contributed by atoms with Crippen LogP contribution in [0.4, 0.5) is 0 Å². The van der Waals surface area contributed by atoms with Crippen LogP contribution in [0.1, 0.15) is 50.0 Å². The van der Waals surface area contributed by atoms with Crippen molar-refractivity contribution in [1.29, 1.82) is 0 Å². The molecule has 0 aliphatic carbocycles. The Kier molecular flexibility index (Phi) is 8.54. The van der Waals surface area contributed by atoms with Crippen LogP contribution in [-0.4, -0.2) is 61.0 Å². The molecule has 1 saturated heterocycles. The number of para-hydroxylation sites is 1. The van der Waals surface area contributed by atoms with Gasteiger partial charge in [-0.05, 0) is 43.9 Å². The first-order valence-corrected chi connectivity index (χ1v) is 12.2. The van der Waals surface area contributed by atoms with Gasteiger partial charge in [0.1, 0.15) is 5.58 Å². The third kappa shape index (κ3) is 6.29. The molecule has 2 aliphatic heterocycles. The number of aliphatic hydroxyl groups excluding tert-OH is 1. The van der Waals surface area contributed by atoms with E-state index in [-0.39, 0.29) is 23.7 Å². The number of ether oxygens (including phenoxy) is 2. The Morgan fingerprint density at radius 2 is 2.06 bits per heavy atom. The lowest BCUT2D eigenvalue weighted by atomic mass is 9.93. The number of amides is 2. The predicted octanol–water partition coefficient (Wildman–Crippen LogP) is 2.42. The lowest BCUT2D eigenvalue weighted by Gasteiger charge is -2.29. The molecule has 2 aromatic rings. The van der Waals surface area contributed by atoms with E-state index in [4.69, 9.17) is 19.0 Å². The molecule has 0 spiro atoms. The van der Waals surface area contributed by atoms with Crippen molar-refractivity contribution in [3.63, 3.8) is 0 Å². The number of benzene rings is 1. The highest BCUT2D eigenvalue weighted by Gasteiger charge is 2.30. The minimum absolute atomic E-state index is 0.0756. The second kappa shape index (κ2) is 12.0. The smallest absolute Gasteiger partial charge is 0.286 e. The van der Waals surface area contributed by atoms with Crippen molar-refractivity contribution in [3.05, 3.63) is 58.2 Å². The maximum atomic E-state index is 13.1. The molecular formula is C26H32N2O7. The number of fused-ring (bicyclic) bond motifs is 1. The van der Waals surface area contributed by atoms with Crippen LogP contribution in [0.25, 0.3) is 11.0 Å². The summed E-state index contributed by atoms with van der Waals surface area (Å²) in [7, 11) is 0. The molecule has 2 amide bonds. The van der Waals surface area contributed by atoms with Gasteiger partial charge in [-0.15, -0.1) is 0 Å². The van der Waals surface area contributed by atoms with Crippen LogP contribution in [0, 0.1) is 0 Å². The van der Waals surface area contributed by atoms with Crippen molar-refractivity contribution in [1.82, 2.24) is 10.2 Å². The van der Waals surface area contributed by atoms with Crippen LogP contribution in [0.15, 0.2) is 51.6 Å². The Bertz CT molecular complexity index is 1130. The largest absolute Gasteiger partial charge is 0.464 e. The van der Waals surface area contributed by atoms with Crippen molar-refractivity contribution in [2.45, 2.75) is 50.7 Å². The average molecular weight is 485 g/mol. The monoisotopic (exact) mass is 484 g/mol. The van der Waals surface area contributed by atoms with Gasteiger partial charge < -0.3 is 29.2 Å². The van der Waals surface area contributed by atoms with E-state index >= 15 is 0 Å². The molecule has 9 heteroatoms. The molecule has 1 aromatic heterocycles. The summed E-state index contributed by atoms with van der Waals surface area (Å²) in [6.07, 6.45) is 6.12. The minimum Gasteiger partial charge on any atom is -0.464 e. The second-order valence-corrected chi connectivity index (χ2v) is 8.83. The molecule has 0 radical (unpaired) electrons. The Balaban J connectivity index is 1.45. The van der Waals surface area contributed by atoms with E-state index in [1.54, 1.807) is 30.3 Å². The van der Waals surface area contributed by atoms with Crippen LogP contribution in [0.3, 0.4) is 0 Å². The molecule has 35 heavy (non-hydrogen) atoms. The quantitative estimate of drug-likeness (QED) is 0.470. The third-order valence-corrected chi connectivity index (χ3v) is 6.31. The summed E-state index contributed by atoms with van der Waals surface area (Å²) < 4.78 is 17.3. The molecule has 2 N–H and O–H groups in total. The zero-order valence-electron chi connectivity index (χ0n) is 19.7. The fourth-order valence-electron chi connectivity index (χ4n) is 4.41. The summed E-state index contributed by atoms with van der Waals surface area (Å²) in [5, 5.41) is 12.3. The maximum Gasteiger partial charge on any atom is 0.286 e. The minimum atomic E-state index is -0.711. The number of likely N-dealkylation sites (tertiary alicyclic amines) is 1. The second-order valence-electron chi connectivity index (χ2n) is 8.83. The van der Waals surface area contributed by atoms with Gasteiger partial charge in [-0.1, -0.05) is 12.1 Å². The Hall–Kier alpha value is -3.17. The zero-order chi connectivity index (χ0) is 24.6. The SMILES string of the molecule is O=C(NCCCN1CCCC1=O)C1=CC(c2coc3ccccc3c2=O)CC(OCCCCO)O1. The molecule has 0 saturated carbocycles. The first-order chi connectivity index (χ1) is 17.1. The maximum absolute atomic E-state index is 13.1. The fourth-order valence-corrected chi connectivity index (χ4v) is 4.41. The van der Waals surface area contributed by atoms with Gasteiger partial charge in [0.15, 0.2) is 11.2 Å². The Labute approximate surface area is 203 Å². The number of unbranched alkanes of at least 4 members (excludes halogenated alkanes) is 1. The summed E-state index contributed by atoms with van der Waals surface area (Å²) in [4.78, 5) is 39.6. The molecule has 3 heterocycles. The number of nitrogens with zero attached hydrogens (tertiary/aromatic N) is 1. The molecule has 1 fully saturated rings. The van der Waals surface area contributed by atoms with E-state index in [0.717, 1.165) is 13.0 Å². The number of nitrogens with one attached hydrogen (secondary N) is 1. The highest BCUT2D eigenvalue weighted by Crippen LogP contribution is 2.31. The van der Waals surface area contributed by atoms with Crippen molar-refractivity contribution >= 4 is 22.8 Å². The molecule has 188 valence electrons. The molecular weight excluding hydrogens is 452 g/mol. The molecule has 9 nitrogen and oxygen atoms in total. The Morgan fingerprint density at radius 3 is 2.86 bits per heavy atom. The number of allylic oxidation sites excluding steroid dienone is 1. The first-order valence-electron chi connectivity index (χ1n) is 12.2. The van der Waals surface area contributed by atoms with Gasteiger partial charge >= 0.3 is 0 Å². The highest BCUT2D eigenvalue weighted by molar-refractivity contribution is 5.91. The van der Waals surface area contributed by atoms with Crippen LogP contribution < -0.4 is 10.7 Å². The predicted molar refractivity (Wildman–Crippen MR) is 129 cm³/mol. The third-order valence-electron chi connectivity index (χ3n) is 6.31. The molecule has 2 unspecified atom stereocenters. The van der Waals surface area contributed by atoms with Gasteiger partial charge in [0.2, 0.25) is 12.2 Å². The van der Waals surface area contributed by atoms with Gasteiger partial charge in [0.25, 0.3) is 5.91 Å². The van der Waals surface area contributed by atoms with Crippen molar-refractivity contribution in [2.24, 2.45) is 0 Å². The van der Waals surface area contributed by atoms with Crippen LogP contribution in [0.2, 0.25) is 0 Å². The molecule has 4 rings (SSSR count). The van der Waals surface area contributed by atoms with E-state index < -0.39 is 18.1 Å². The number of carbonyl (C=O) groups is 2. The first kappa shape index (κ1) is 24.9. The number of rotatable bonds is 11. The summed E-state index contributed by atoms with van der Waals surface area (Å²) in [6, 6.07) is 7.04. The summed E-state index contributed by atoms with van der Waals surface area (Å²) in [5.41, 5.74) is 0.793. The van der Waals surface area contributed by atoms with E-state index in [1.807, 2.05) is 4.90 Å². The topological polar surface area (TPSA) is 118 Å². The molecule has 0 bridgehead atoms. The van der Waals surface area contributed by atoms with E-state index in [0.29, 0.717) is 68.3 Å². The lowest BCUT2D eigenvalue weighted by Crippen LogP contribution is -2.35. The van der Waals surface area contributed by atoms with Crippen molar-refractivity contribution in [3.8, 4) is 0 Å². The van der Waals surface area contributed by atoms with Crippen LogP contribution in [0.5, 0.6) is 0 Å². The number of carbonyl (C=O) groups excluding carboxylic acids is 2. The Morgan fingerprint density at radius 1 is 1.20 bits per heavy atom. The van der Waals surface area contributed by atoms with Crippen LogP contribution in [-0.2, 0) is 19.1 Å². The van der Waals surface area contributed by atoms with Gasteiger partial charge in [0, 0.05) is 50.6 Å². The lowest BCUT2D eigenvalue weighted by molar-refractivity contribution is -0.146. The van der Waals surface area contributed by atoms with Gasteiger partial charge in [-0.3, -0.25) is 14.4 Å². The normalized spacial score (nSPS) is 20.1. The van der Waals surface area contributed by atoms with E-state index in [2.05, 4.69) is 5.32 Å². The summed E-state index contributed by atoms with van der Waals surface area (Å²) in [5.74, 6) is -0.557. The molecule has 1 aromatic carbocycles. The van der Waals surface area contributed by atoms with E-state index in [9.17, 15) is 14.4 Å². The van der Waals surface area contributed by atoms with E-state index in [1.165, 1.54) is 6.26 Å². The standard InChI is InChI=1S/C26H32N2O7/c29-13-3-4-14-33-24-16-18(20-17-34-21-8-2-1-7-19(21)25(20)31)15-22(35-24)26(32)27-10-6-12-28-11-5-9-23(28)30/h1-2,7-8,15,17-18,24,29H,3-6,9-14,16H2,(H,27,32). The summed E-state index contributed by atoms with van der Waals surface area (Å²) in [6.45, 7) is 2.21. The van der Waals surface area contributed by atoms with Crippen LogP contribution >= 0.6 is 0 Å². The highest BCUT2D eigenvalue weighted by atomic mass is 16.7. The van der Waals surface area contributed by atoms with Gasteiger partial charge in [-0.2, -0.15) is 0 Å². The van der Waals surface area contributed by atoms with Gasteiger partial charge in [0.05, 0.1) is 18.3 Å². The van der Waals surface area contributed by atoms with Crippen molar-refractivity contribution in [2.75, 3.05) is 32.8 Å². The van der Waals surface area contributed by atoms with Gasteiger partial charge in [-0.25, -0.2) is 0 Å². The number of hydrogen-bond donors (Lipinski definition) is 2. The summed E-state index contributed by atoms with van der Waals surface area (Å²) >= 11 is 0. The molecule has 2 aliphatic rings.